The molecule has 0 unspecified atom stereocenters. The molecule has 0 fully saturated rings. The molecule has 18 heavy (non-hydrogen) atoms. The summed E-state index contributed by atoms with van der Waals surface area (Å²) < 4.78 is 27.5. The van der Waals surface area contributed by atoms with Gasteiger partial charge in [-0.1, -0.05) is 0 Å². The van der Waals surface area contributed by atoms with Crippen molar-refractivity contribution in [2.75, 3.05) is 7.11 Å². The van der Waals surface area contributed by atoms with Crippen LogP contribution in [0.1, 0.15) is 18.9 Å². The van der Waals surface area contributed by atoms with Crippen LogP contribution in [0.3, 0.4) is 0 Å². The minimum Gasteiger partial charge on any atom is -0.503 e. The molecule has 0 heterocycles. The van der Waals surface area contributed by atoms with Gasteiger partial charge in [-0.2, -0.15) is 0 Å². The van der Waals surface area contributed by atoms with Gasteiger partial charge in [-0.25, -0.2) is 13.6 Å². The predicted octanol–water partition coefficient (Wildman–Crippen LogP) is 0.570. The summed E-state index contributed by atoms with van der Waals surface area (Å²) in [6.45, 7) is 1.44. The number of benzene rings is 1. The van der Waals surface area contributed by atoms with Crippen molar-refractivity contribution in [2.45, 2.75) is 24.7 Å². The lowest BCUT2D eigenvalue weighted by atomic mass is 10.1. The highest BCUT2D eigenvalue weighted by molar-refractivity contribution is 7.89. The SMILES string of the molecule is COc1cc(CCC(C)=O)cc(S(N)(=O)=O)c1O. The lowest BCUT2D eigenvalue weighted by Gasteiger charge is -2.10. The quantitative estimate of drug-likeness (QED) is 0.815. The summed E-state index contributed by atoms with van der Waals surface area (Å²) in [5.74, 6) is -0.522. The van der Waals surface area contributed by atoms with Crippen LogP contribution in [0.4, 0.5) is 0 Å². The maximum Gasteiger partial charge on any atom is 0.241 e. The number of sulfonamides is 1. The highest BCUT2D eigenvalue weighted by atomic mass is 32.2. The van der Waals surface area contributed by atoms with E-state index in [2.05, 4.69) is 0 Å². The minimum atomic E-state index is -4.04. The van der Waals surface area contributed by atoms with Crippen LogP contribution in [0.25, 0.3) is 0 Å². The number of carbonyl (C=O) groups excluding carboxylic acids is 1. The van der Waals surface area contributed by atoms with Gasteiger partial charge in [0, 0.05) is 6.42 Å². The van der Waals surface area contributed by atoms with Gasteiger partial charge in [-0.3, -0.25) is 0 Å². The topological polar surface area (TPSA) is 107 Å². The average molecular weight is 273 g/mol. The van der Waals surface area contributed by atoms with E-state index in [0.29, 0.717) is 12.0 Å². The number of methoxy groups -OCH3 is 1. The van der Waals surface area contributed by atoms with Crippen molar-refractivity contribution in [3.63, 3.8) is 0 Å². The molecule has 0 bridgehead atoms. The van der Waals surface area contributed by atoms with Gasteiger partial charge in [0.2, 0.25) is 10.0 Å². The first-order valence-electron chi connectivity index (χ1n) is 5.18. The molecule has 0 amide bonds. The van der Waals surface area contributed by atoms with E-state index in [4.69, 9.17) is 9.88 Å². The molecule has 0 saturated heterocycles. The maximum atomic E-state index is 11.3. The Kier molecular flexibility index (Phi) is 4.31. The van der Waals surface area contributed by atoms with Crippen LogP contribution in [0.2, 0.25) is 0 Å². The molecule has 0 aliphatic rings. The number of ketones is 1. The van der Waals surface area contributed by atoms with E-state index in [0.717, 1.165) is 0 Å². The molecule has 1 rings (SSSR count). The standard InChI is InChI=1S/C11H15NO5S/c1-7(13)3-4-8-5-9(17-2)11(14)10(6-8)18(12,15)16/h5-6,14H,3-4H2,1-2H3,(H2,12,15,16). The molecule has 0 aliphatic carbocycles. The third-order valence-corrected chi connectivity index (χ3v) is 3.32. The second-order valence-corrected chi connectivity index (χ2v) is 5.42. The Hall–Kier alpha value is -1.60. The summed E-state index contributed by atoms with van der Waals surface area (Å²) in [5, 5.41) is 14.7. The zero-order valence-corrected chi connectivity index (χ0v) is 11.0. The molecule has 7 heteroatoms. The monoisotopic (exact) mass is 273 g/mol. The summed E-state index contributed by atoms with van der Waals surface area (Å²) in [7, 11) is -2.74. The van der Waals surface area contributed by atoms with Crippen molar-refractivity contribution >= 4 is 15.8 Å². The van der Waals surface area contributed by atoms with Crippen LogP contribution in [0.15, 0.2) is 17.0 Å². The number of rotatable bonds is 5. The van der Waals surface area contributed by atoms with Crippen molar-refractivity contribution in [3.8, 4) is 11.5 Å². The lowest BCUT2D eigenvalue weighted by molar-refractivity contribution is -0.116. The summed E-state index contributed by atoms with van der Waals surface area (Å²) in [4.78, 5) is 10.5. The first-order chi connectivity index (χ1) is 8.25. The van der Waals surface area contributed by atoms with Gasteiger partial charge in [0.1, 0.15) is 10.7 Å². The van der Waals surface area contributed by atoms with E-state index in [1.54, 1.807) is 0 Å². The van der Waals surface area contributed by atoms with Gasteiger partial charge in [0.25, 0.3) is 0 Å². The molecule has 0 atom stereocenters. The van der Waals surface area contributed by atoms with Crippen LogP contribution in [-0.4, -0.2) is 26.4 Å². The van der Waals surface area contributed by atoms with Crippen LogP contribution in [-0.2, 0) is 21.2 Å². The Labute approximate surface area is 105 Å². The van der Waals surface area contributed by atoms with Crippen LogP contribution in [0, 0.1) is 0 Å². The Morgan fingerprint density at radius 2 is 2.06 bits per heavy atom. The second-order valence-electron chi connectivity index (χ2n) is 3.89. The number of hydrogen-bond donors (Lipinski definition) is 2. The smallest absolute Gasteiger partial charge is 0.241 e. The molecule has 0 aromatic heterocycles. The van der Waals surface area contributed by atoms with E-state index in [1.807, 2.05) is 0 Å². The number of phenols is 1. The van der Waals surface area contributed by atoms with Gasteiger partial charge in [0.05, 0.1) is 7.11 Å². The zero-order chi connectivity index (χ0) is 13.9. The van der Waals surface area contributed by atoms with Crippen molar-refractivity contribution in [1.82, 2.24) is 0 Å². The predicted molar refractivity (Wildman–Crippen MR) is 65.0 cm³/mol. The third-order valence-electron chi connectivity index (χ3n) is 2.39. The van der Waals surface area contributed by atoms with Gasteiger partial charge in [-0.05, 0) is 31.0 Å². The Balaban J connectivity index is 3.27. The number of phenolic OH excluding ortho intramolecular Hbond substituents is 1. The van der Waals surface area contributed by atoms with Crippen LogP contribution < -0.4 is 9.88 Å². The third kappa shape index (κ3) is 3.44. The average Bonchev–Trinajstić information content (AvgIpc) is 2.25. The van der Waals surface area contributed by atoms with Crippen LogP contribution >= 0.6 is 0 Å². The van der Waals surface area contributed by atoms with E-state index in [1.165, 1.54) is 26.2 Å². The first kappa shape index (κ1) is 14.5. The number of carbonyl (C=O) groups is 1. The fourth-order valence-electron chi connectivity index (χ4n) is 1.47. The van der Waals surface area contributed by atoms with Crippen molar-refractivity contribution in [2.24, 2.45) is 5.14 Å². The van der Waals surface area contributed by atoms with Crippen molar-refractivity contribution in [1.29, 1.82) is 0 Å². The van der Waals surface area contributed by atoms with Gasteiger partial charge in [0.15, 0.2) is 11.5 Å². The van der Waals surface area contributed by atoms with E-state index in [9.17, 15) is 18.3 Å². The summed E-state index contributed by atoms with van der Waals surface area (Å²) in [6, 6.07) is 2.73. The summed E-state index contributed by atoms with van der Waals surface area (Å²) >= 11 is 0. The Morgan fingerprint density at radius 1 is 1.44 bits per heavy atom. The van der Waals surface area contributed by atoms with Crippen molar-refractivity contribution < 1.29 is 23.1 Å². The lowest BCUT2D eigenvalue weighted by Crippen LogP contribution is -2.13. The molecular formula is C11H15NO5S. The first-order valence-corrected chi connectivity index (χ1v) is 6.72. The minimum absolute atomic E-state index is 0.0140. The summed E-state index contributed by atoms with van der Waals surface area (Å²) in [5.41, 5.74) is 0.559. The number of aromatic hydroxyl groups is 1. The molecular weight excluding hydrogens is 258 g/mol. The van der Waals surface area contributed by atoms with E-state index in [-0.39, 0.29) is 18.0 Å². The molecule has 6 nitrogen and oxygen atoms in total. The van der Waals surface area contributed by atoms with Crippen LogP contribution in [0.5, 0.6) is 11.5 Å². The molecule has 3 N–H and O–H groups in total. The fraction of sp³-hybridized carbons (Fsp3) is 0.364. The molecule has 0 radical (unpaired) electrons. The summed E-state index contributed by atoms with van der Waals surface area (Å²) in [6.07, 6.45) is 0.631. The maximum absolute atomic E-state index is 11.3. The Morgan fingerprint density at radius 3 is 2.50 bits per heavy atom. The van der Waals surface area contributed by atoms with Gasteiger partial charge < -0.3 is 14.6 Å². The molecule has 0 spiro atoms. The highest BCUT2D eigenvalue weighted by Gasteiger charge is 2.19. The fourth-order valence-corrected chi connectivity index (χ4v) is 2.16. The van der Waals surface area contributed by atoms with Crippen molar-refractivity contribution in [3.05, 3.63) is 17.7 Å². The normalized spacial score (nSPS) is 11.3. The van der Waals surface area contributed by atoms with E-state index >= 15 is 0 Å². The zero-order valence-electron chi connectivity index (χ0n) is 10.1. The molecule has 0 aliphatic heterocycles. The van der Waals surface area contributed by atoms with Gasteiger partial charge >= 0.3 is 0 Å². The molecule has 1 aromatic carbocycles. The number of nitrogens with two attached hydrogens (primary N) is 1. The second kappa shape index (κ2) is 5.36. The largest absolute Gasteiger partial charge is 0.503 e. The molecule has 1 aromatic rings. The number of ether oxygens (including phenoxy) is 1. The highest BCUT2D eigenvalue weighted by Crippen LogP contribution is 2.34. The number of primary sulfonamides is 1. The number of Topliss-reactive ketones (excluding diaryl/α,β-unsaturated/α-hetero) is 1. The van der Waals surface area contributed by atoms with Gasteiger partial charge in [-0.15, -0.1) is 0 Å². The molecule has 0 saturated carbocycles. The Bertz CT molecular complexity index is 565. The number of aryl methyl sites for hydroxylation is 1. The molecule has 100 valence electrons. The van der Waals surface area contributed by atoms with E-state index < -0.39 is 20.7 Å². The number of hydrogen-bond acceptors (Lipinski definition) is 5.